The molecular weight excluding hydrogens is 342 g/mol. The SMILES string of the molecule is O=C(NC1CCCC1)c1cnc(Nc2ccccc2N2CCOCC2)nc1. The molecule has 1 aromatic carbocycles. The van der Waals surface area contributed by atoms with Crippen molar-refractivity contribution in [1.82, 2.24) is 15.3 Å². The second-order valence-corrected chi connectivity index (χ2v) is 6.99. The van der Waals surface area contributed by atoms with Crippen LogP contribution in [0, 0.1) is 0 Å². The zero-order chi connectivity index (χ0) is 18.5. The Labute approximate surface area is 159 Å². The van der Waals surface area contributed by atoms with Gasteiger partial charge in [0, 0.05) is 31.5 Å². The van der Waals surface area contributed by atoms with Crippen LogP contribution in [-0.4, -0.2) is 48.2 Å². The van der Waals surface area contributed by atoms with Gasteiger partial charge in [0.2, 0.25) is 5.95 Å². The monoisotopic (exact) mass is 367 g/mol. The van der Waals surface area contributed by atoms with Crippen molar-refractivity contribution in [2.24, 2.45) is 0 Å². The molecule has 0 spiro atoms. The largest absolute Gasteiger partial charge is 0.378 e. The molecule has 1 saturated heterocycles. The Balaban J connectivity index is 1.43. The number of carbonyl (C=O) groups is 1. The average Bonchev–Trinajstić information content (AvgIpc) is 3.23. The van der Waals surface area contributed by atoms with Crippen molar-refractivity contribution in [2.45, 2.75) is 31.7 Å². The minimum Gasteiger partial charge on any atom is -0.378 e. The van der Waals surface area contributed by atoms with E-state index in [9.17, 15) is 4.79 Å². The number of ether oxygens (including phenoxy) is 1. The first-order valence-electron chi connectivity index (χ1n) is 9.61. The summed E-state index contributed by atoms with van der Waals surface area (Å²) in [6.45, 7) is 3.19. The van der Waals surface area contributed by atoms with Crippen LogP contribution in [-0.2, 0) is 4.74 Å². The molecule has 1 aliphatic carbocycles. The third-order valence-electron chi connectivity index (χ3n) is 5.11. The molecular formula is C20H25N5O2. The number of aromatic nitrogens is 2. The lowest BCUT2D eigenvalue weighted by Gasteiger charge is -2.30. The summed E-state index contributed by atoms with van der Waals surface area (Å²) in [7, 11) is 0. The Morgan fingerprint density at radius 1 is 1.07 bits per heavy atom. The summed E-state index contributed by atoms with van der Waals surface area (Å²) in [6, 6.07) is 8.38. The van der Waals surface area contributed by atoms with Crippen molar-refractivity contribution in [3.05, 3.63) is 42.2 Å². The van der Waals surface area contributed by atoms with Crippen molar-refractivity contribution < 1.29 is 9.53 Å². The third kappa shape index (κ3) is 4.36. The summed E-state index contributed by atoms with van der Waals surface area (Å²) in [5.41, 5.74) is 2.55. The lowest BCUT2D eigenvalue weighted by molar-refractivity contribution is 0.0937. The number of hydrogen-bond donors (Lipinski definition) is 2. The van der Waals surface area contributed by atoms with Crippen LogP contribution in [0.15, 0.2) is 36.7 Å². The lowest BCUT2D eigenvalue weighted by Crippen LogP contribution is -2.36. The van der Waals surface area contributed by atoms with Gasteiger partial charge in [-0.05, 0) is 25.0 Å². The van der Waals surface area contributed by atoms with Crippen LogP contribution >= 0.6 is 0 Å². The molecule has 7 nitrogen and oxygen atoms in total. The van der Waals surface area contributed by atoms with E-state index in [-0.39, 0.29) is 11.9 Å². The van der Waals surface area contributed by atoms with Crippen molar-refractivity contribution in [1.29, 1.82) is 0 Å². The average molecular weight is 367 g/mol. The zero-order valence-electron chi connectivity index (χ0n) is 15.4. The van der Waals surface area contributed by atoms with E-state index in [0.717, 1.165) is 50.5 Å². The highest BCUT2D eigenvalue weighted by molar-refractivity contribution is 5.93. The predicted molar refractivity (Wildman–Crippen MR) is 105 cm³/mol. The molecule has 4 rings (SSSR count). The number of rotatable bonds is 5. The summed E-state index contributed by atoms with van der Waals surface area (Å²) in [5, 5.41) is 6.33. The molecule has 1 aromatic heterocycles. The van der Waals surface area contributed by atoms with E-state index in [2.05, 4.69) is 31.6 Å². The van der Waals surface area contributed by atoms with Gasteiger partial charge in [0.05, 0.1) is 30.2 Å². The third-order valence-corrected chi connectivity index (χ3v) is 5.11. The Morgan fingerprint density at radius 2 is 1.78 bits per heavy atom. The molecule has 27 heavy (non-hydrogen) atoms. The summed E-state index contributed by atoms with van der Waals surface area (Å²) in [6.07, 6.45) is 7.66. The van der Waals surface area contributed by atoms with Crippen LogP contribution in [0.25, 0.3) is 0 Å². The van der Waals surface area contributed by atoms with E-state index >= 15 is 0 Å². The molecule has 2 fully saturated rings. The van der Waals surface area contributed by atoms with Crippen LogP contribution in [0.1, 0.15) is 36.0 Å². The number of hydrogen-bond acceptors (Lipinski definition) is 6. The highest BCUT2D eigenvalue weighted by Gasteiger charge is 2.19. The predicted octanol–water partition coefficient (Wildman–Crippen LogP) is 2.73. The minimum absolute atomic E-state index is 0.0952. The van der Waals surface area contributed by atoms with E-state index in [1.54, 1.807) is 12.4 Å². The Bertz CT molecular complexity index is 768. The van der Waals surface area contributed by atoms with Gasteiger partial charge in [-0.15, -0.1) is 0 Å². The van der Waals surface area contributed by atoms with Crippen molar-refractivity contribution in [3.63, 3.8) is 0 Å². The van der Waals surface area contributed by atoms with E-state index in [1.165, 1.54) is 12.8 Å². The maximum absolute atomic E-state index is 12.3. The summed E-state index contributed by atoms with van der Waals surface area (Å²) >= 11 is 0. The van der Waals surface area contributed by atoms with E-state index in [1.807, 2.05) is 18.2 Å². The molecule has 0 bridgehead atoms. The molecule has 1 amide bonds. The van der Waals surface area contributed by atoms with Gasteiger partial charge in [-0.25, -0.2) is 9.97 Å². The highest BCUT2D eigenvalue weighted by atomic mass is 16.5. The van der Waals surface area contributed by atoms with E-state index in [0.29, 0.717) is 11.5 Å². The van der Waals surface area contributed by atoms with Gasteiger partial charge < -0.3 is 20.3 Å². The lowest BCUT2D eigenvalue weighted by atomic mass is 10.2. The number of para-hydroxylation sites is 2. The molecule has 142 valence electrons. The second-order valence-electron chi connectivity index (χ2n) is 6.99. The van der Waals surface area contributed by atoms with Crippen LogP contribution in [0.2, 0.25) is 0 Å². The topological polar surface area (TPSA) is 79.4 Å². The summed E-state index contributed by atoms with van der Waals surface area (Å²) in [5.74, 6) is 0.385. The zero-order valence-corrected chi connectivity index (χ0v) is 15.4. The number of nitrogens with zero attached hydrogens (tertiary/aromatic N) is 3. The second kappa shape index (κ2) is 8.35. The number of anilines is 3. The maximum Gasteiger partial charge on any atom is 0.254 e. The quantitative estimate of drug-likeness (QED) is 0.846. The van der Waals surface area contributed by atoms with Gasteiger partial charge in [0.1, 0.15) is 0 Å². The van der Waals surface area contributed by atoms with Gasteiger partial charge in [-0.1, -0.05) is 25.0 Å². The first-order chi connectivity index (χ1) is 13.3. The van der Waals surface area contributed by atoms with E-state index < -0.39 is 0 Å². The minimum atomic E-state index is -0.0952. The molecule has 2 aromatic rings. The van der Waals surface area contributed by atoms with Crippen molar-refractivity contribution in [3.8, 4) is 0 Å². The number of carbonyl (C=O) groups excluding carboxylic acids is 1. The fourth-order valence-electron chi connectivity index (χ4n) is 3.63. The first kappa shape index (κ1) is 17.7. The Morgan fingerprint density at radius 3 is 2.52 bits per heavy atom. The number of nitrogens with one attached hydrogen (secondary N) is 2. The molecule has 2 aliphatic rings. The van der Waals surface area contributed by atoms with Crippen LogP contribution in [0.4, 0.5) is 17.3 Å². The van der Waals surface area contributed by atoms with Gasteiger partial charge in [0.25, 0.3) is 5.91 Å². The molecule has 2 N–H and O–H groups in total. The smallest absolute Gasteiger partial charge is 0.254 e. The standard InChI is InChI=1S/C20H25N5O2/c26-19(23-16-5-1-2-6-16)15-13-21-20(22-14-15)24-17-7-3-4-8-18(17)25-9-11-27-12-10-25/h3-4,7-8,13-14,16H,1-2,5-6,9-12H2,(H,23,26)(H,21,22,24). The van der Waals surface area contributed by atoms with Crippen LogP contribution in [0.5, 0.6) is 0 Å². The van der Waals surface area contributed by atoms with Gasteiger partial charge in [-0.3, -0.25) is 4.79 Å². The van der Waals surface area contributed by atoms with Crippen molar-refractivity contribution >= 4 is 23.2 Å². The summed E-state index contributed by atoms with van der Waals surface area (Å²) < 4.78 is 5.44. The molecule has 1 saturated carbocycles. The van der Waals surface area contributed by atoms with Gasteiger partial charge in [-0.2, -0.15) is 0 Å². The Hall–Kier alpha value is -2.67. The van der Waals surface area contributed by atoms with Gasteiger partial charge in [0.15, 0.2) is 0 Å². The molecule has 1 aliphatic heterocycles. The first-order valence-corrected chi connectivity index (χ1v) is 9.61. The maximum atomic E-state index is 12.3. The highest BCUT2D eigenvalue weighted by Crippen LogP contribution is 2.28. The fraction of sp³-hybridized carbons (Fsp3) is 0.450. The van der Waals surface area contributed by atoms with Crippen LogP contribution < -0.4 is 15.5 Å². The summed E-state index contributed by atoms with van der Waals surface area (Å²) in [4.78, 5) is 23.2. The number of benzene rings is 1. The normalized spacial score (nSPS) is 17.7. The molecule has 0 atom stereocenters. The number of morpholine rings is 1. The molecule has 0 unspecified atom stereocenters. The molecule has 7 heteroatoms. The molecule has 0 radical (unpaired) electrons. The Kier molecular flexibility index (Phi) is 5.48. The van der Waals surface area contributed by atoms with Crippen LogP contribution in [0.3, 0.4) is 0 Å². The fourth-order valence-corrected chi connectivity index (χ4v) is 3.63. The number of amides is 1. The van der Waals surface area contributed by atoms with E-state index in [4.69, 9.17) is 4.74 Å². The molecule has 2 heterocycles. The van der Waals surface area contributed by atoms with Gasteiger partial charge >= 0.3 is 0 Å². The van der Waals surface area contributed by atoms with Crippen molar-refractivity contribution in [2.75, 3.05) is 36.5 Å².